The van der Waals surface area contributed by atoms with Gasteiger partial charge in [0.05, 0.1) is 0 Å². The molecule has 29 heavy (non-hydrogen) atoms. The molecule has 0 bridgehead atoms. The summed E-state index contributed by atoms with van der Waals surface area (Å²) in [6.45, 7) is 11.9. The predicted molar refractivity (Wildman–Crippen MR) is 113 cm³/mol. The zero-order valence-electron chi connectivity index (χ0n) is 19.0. The van der Waals surface area contributed by atoms with E-state index in [-0.39, 0.29) is 33.7 Å². The maximum Gasteiger partial charge on any atom is 0.306 e. The molecule has 7 atom stereocenters. The first-order valence-corrected chi connectivity index (χ1v) is 12.0. The van der Waals surface area contributed by atoms with Crippen molar-refractivity contribution in [1.82, 2.24) is 0 Å². The normalized spacial score (nSPS) is 51.0. The largest absolute Gasteiger partial charge is 0.462 e. The molecule has 5 rings (SSSR count). The Morgan fingerprint density at radius 3 is 2.38 bits per heavy atom. The van der Waals surface area contributed by atoms with Crippen molar-refractivity contribution in [3.8, 4) is 0 Å². The Balaban J connectivity index is 1.52. The summed E-state index contributed by atoms with van der Waals surface area (Å²) in [7, 11) is 0. The highest BCUT2D eigenvalue weighted by atomic mass is 16.5. The molecule has 0 aromatic heterocycles. The average molecular weight is 399 g/mol. The van der Waals surface area contributed by atoms with Crippen LogP contribution in [0.5, 0.6) is 0 Å². The minimum absolute atomic E-state index is 0.00206. The van der Waals surface area contributed by atoms with Gasteiger partial charge in [0.1, 0.15) is 11.9 Å². The van der Waals surface area contributed by atoms with Crippen LogP contribution in [0.1, 0.15) is 92.4 Å². The summed E-state index contributed by atoms with van der Waals surface area (Å²) in [5.41, 5.74) is 2.15. The smallest absolute Gasteiger partial charge is 0.306 e. The van der Waals surface area contributed by atoms with Crippen LogP contribution in [-0.4, -0.2) is 17.9 Å². The van der Waals surface area contributed by atoms with Gasteiger partial charge in [-0.1, -0.05) is 46.3 Å². The van der Waals surface area contributed by atoms with E-state index in [2.05, 4.69) is 40.7 Å². The monoisotopic (exact) mass is 398 g/mol. The molecule has 1 heterocycles. The Bertz CT molecular complexity index is 794. The standard InChI is InChI=1S/C26H38O3/c1-23(2)20-8-6-17-16(24(20,3)13-12-21(23)27)10-14-26(5)18(11-15-25(17,26)4)19-7-9-22(28)29-19/h6,16,18-20H,7-15H2,1-5H3. The van der Waals surface area contributed by atoms with Crippen molar-refractivity contribution in [2.45, 2.75) is 98.5 Å². The molecule has 3 saturated carbocycles. The second-order valence-electron chi connectivity index (χ2n) is 12.2. The van der Waals surface area contributed by atoms with Gasteiger partial charge in [-0.15, -0.1) is 0 Å². The third-order valence-corrected chi connectivity index (χ3v) is 11.0. The van der Waals surface area contributed by atoms with E-state index < -0.39 is 0 Å². The minimum Gasteiger partial charge on any atom is -0.462 e. The maximum atomic E-state index is 12.7. The Labute approximate surface area is 176 Å². The SMILES string of the molecule is CC1(C)C(=O)CCC2(C)C3CCC4(C)C(C5CCC(=O)O5)CCC4(C)C3=CCC12. The fourth-order valence-corrected chi connectivity index (χ4v) is 8.98. The van der Waals surface area contributed by atoms with Crippen molar-refractivity contribution in [2.75, 3.05) is 0 Å². The molecule has 3 nitrogen and oxygen atoms in total. The van der Waals surface area contributed by atoms with Crippen molar-refractivity contribution in [3.63, 3.8) is 0 Å². The molecule has 160 valence electrons. The van der Waals surface area contributed by atoms with E-state index in [4.69, 9.17) is 4.74 Å². The molecule has 1 aliphatic heterocycles. The van der Waals surface area contributed by atoms with Gasteiger partial charge in [0.15, 0.2) is 0 Å². The first-order valence-electron chi connectivity index (χ1n) is 12.0. The van der Waals surface area contributed by atoms with E-state index in [9.17, 15) is 9.59 Å². The average Bonchev–Trinajstić information content (AvgIpc) is 3.19. The lowest BCUT2D eigenvalue weighted by atomic mass is 9.41. The lowest BCUT2D eigenvalue weighted by Crippen LogP contribution is -2.57. The van der Waals surface area contributed by atoms with Crippen molar-refractivity contribution < 1.29 is 14.3 Å². The van der Waals surface area contributed by atoms with Crippen LogP contribution < -0.4 is 0 Å². The summed E-state index contributed by atoms with van der Waals surface area (Å²) in [6, 6.07) is 0. The number of Topliss-reactive ketones (excluding diaryl/α,β-unsaturated/α-hetero) is 1. The molecule has 4 aliphatic carbocycles. The van der Waals surface area contributed by atoms with E-state index >= 15 is 0 Å². The summed E-state index contributed by atoms with van der Waals surface area (Å²) in [5, 5.41) is 0. The van der Waals surface area contributed by atoms with Gasteiger partial charge in [-0.3, -0.25) is 9.59 Å². The van der Waals surface area contributed by atoms with Crippen LogP contribution >= 0.6 is 0 Å². The second-order valence-corrected chi connectivity index (χ2v) is 12.2. The summed E-state index contributed by atoms with van der Waals surface area (Å²) in [4.78, 5) is 24.5. The highest BCUT2D eigenvalue weighted by Crippen LogP contribution is 2.72. The van der Waals surface area contributed by atoms with Gasteiger partial charge >= 0.3 is 5.97 Å². The molecule has 0 aromatic carbocycles. The molecule has 1 saturated heterocycles. The third-order valence-electron chi connectivity index (χ3n) is 11.0. The number of hydrogen-bond acceptors (Lipinski definition) is 3. The number of carbonyl (C=O) groups excluding carboxylic acids is 2. The van der Waals surface area contributed by atoms with E-state index in [0.717, 1.165) is 25.7 Å². The number of carbonyl (C=O) groups is 2. The van der Waals surface area contributed by atoms with Gasteiger partial charge in [0, 0.05) is 24.2 Å². The third kappa shape index (κ3) is 2.36. The first kappa shape index (κ1) is 19.8. The Kier molecular flexibility index (Phi) is 4.09. The molecule has 0 aromatic rings. The lowest BCUT2D eigenvalue weighted by Gasteiger charge is -2.63. The number of cyclic esters (lactones) is 1. The van der Waals surface area contributed by atoms with E-state index in [0.29, 0.717) is 30.0 Å². The number of fused-ring (bicyclic) bond motifs is 5. The molecule has 3 heteroatoms. The zero-order valence-corrected chi connectivity index (χ0v) is 19.0. The van der Waals surface area contributed by atoms with Gasteiger partial charge in [-0.05, 0) is 73.0 Å². The lowest BCUT2D eigenvalue weighted by molar-refractivity contribution is -0.149. The summed E-state index contributed by atoms with van der Waals surface area (Å²) in [5.74, 6) is 2.04. The van der Waals surface area contributed by atoms with Gasteiger partial charge in [0.2, 0.25) is 0 Å². The molecular formula is C26H38O3. The van der Waals surface area contributed by atoms with Crippen LogP contribution in [0, 0.1) is 39.4 Å². The van der Waals surface area contributed by atoms with Crippen LogP contribution in [0.15, 0.2) is 11.6 Å². The summed E-state index contributed by atoms with van der Waals surface area (Å²) in [6.07, 6.45) is 11.9. The van der Waals surface area contributed by atoms with Crippen LogP contribution in [0.25, 0.3) is 0 Å². The topological polar surface area (TPSA) is 43.4 Å². The molecule has 5 aliphatic rings. The van der Waals surface area contributed by atoms with Crippen molar-refractivity contribution in [1.29, 1.82) is 0 Å². The highest BCUT2D eigenvalue weighted by Gasteiger charge is 2.66. The van der Waals surface area contributed by atoms with Crippen LogP contribution in [0.3, 0.4) is 0 Å². The number of ether oxygens (including phenoxy) is 1. The predicted octanol–water partition coefficient (Wildman–Crippen LogP) is 5.87. The molecule has 4 fully saturated rings. The van der Waals surface area contributed by atoms with Crippen molar-refractivity contribution in [2.24, 2.45) is 39.4 Å². The molecule has 0 amide bonds. The summed E-state index contributed by atoms with van der Waals surface area (Å²) < 4.78 is 5.79. The molecule has 0 N–H and O–H groups in total. The van der Waals surface area contributed by atoms with Gasteiger partial charge < -0.3 is 4.74 Å². The van der Waals surface area contributed by atoms with Crippen LogP contribution in [-0.2, 0) is 14.3 Å². The summed E-state index contributed by atoms with van der Waals surface area (Å²) >= 11 is 0. The van der Waals surface area contributed by atoms with Crippen molar-refractivity contribution in [3.05, 3.63) is 11.6 Å². The van der Waals surface area contributed by atoms with E-state index in [1.54, 1.807) is 5.57 Å². The maximum absolute atomic E-state index is 12.7. The Morgan fingerprint density at radius 2 is 1.69 bits per heavy atom. The van der Waals surface area contributed by atoms with Crippen LogP contribution in [0.4, 0.5) is 0 Å². The Morgan fingerprint density at radius 1 is 0.931 bits per heavy atom. The number of allylic oxidation sites excluding steroid dienone is 2. The molecule has 0 spiro atoms. The van der Waals surface area contributed by atoms with Crippen LogP contribution in [0.2, 0.25) is 0 Å². The minimum atomic E-state index is -0.201. The fraction of sp³-hybridized carbons (Fsp3) is 0.846. The number of hydrogen-bond donors (Lipinski definition) is 0. The Hall–Kier alpha value is -1.12. The number of ketones is 1. The molecule has 0 radical (unpaired) electrons. The van der Waals surface area contributed by atoms with Gasteiger partial charge in [-0.2, -0.15) is 0 Å². The van der Waals surface area contributed by atoms with Crippen molar-refractivity contribution >= 4 is 11.8 Å². The molecule has 7 unspecified atom stereocenters. The molecular weight excluding hydrogens is 360 g/mol. The van der Waals surface area contributed by atoms with E-state index in [1.807, 2.05) is 0 Å². The number of rotatable bonds is 1. The zero-order chi connectivity index (χ0) is 20.8. The quantitative estimate of drug-likeness (QED) is 0.410. The van der Waals surface area contributed by atoms with Gasteiger partial charge in [-0.25, -0.2) is 0 Å². The first-order chi connectivity index (χ1) is 13.5. The highest BCUT2D eigenvalue weighted by molar-refractivity contribution is 5.85. The second kappa shape index (κ2) is 5.98. The number of esters is 1. The van der Waals surface area contributed by atoms with E-state index in [1.165, 1.54) is 25.7 Å². The fourth-order valence-electron chi connectivity index (χ4n) is 8.98. The van der Waals surface area contributed by atoms with Gasteiger partial charge in [0.25, 0.3) is 0 Å².